The maximum Gasteiger partial charge on any atom is 0.281 e. The molecule has 1 aliphatic rings. The predicted octanol–water partition coefficient (Wildman–Crippen LogP) is 0.520. The minimum Gasteiger partial charge on any atom is -0.339 e. The van der Waals surface area contributed by atoms with Crippen LogP contribution in [0, 0.1) is 5.92 Å². The lowest BCUT2D eigenvalue weighted by atomic mass is 9.88. The van der Waals surface area contributed by atoms with Gasteiger partial charge in [0.15, 0.2) is 5.12 Å². The molecular formula is C9H16BNO2S. The highest BCUT2D eigenvalue weighted by Crippen LogP contribution is 2.21. The molecule has 0 aliphatic carbocycles. The molecule has 1 aliphatic heterocycles. The van der Waals surface area contributed by atoms with Crippen molar-refractivity contribution in [3.8, 4) is 0 Å². The van der Waals surface area contributed by atoms with Gasteiger partial charge in [-0.15, -0.1) is 0 Å². The number of rotatable bonds is 4. The minimum atomic E-state index is 0.209. The SMILES string of the molecule is CC(=O)SCC1CCN(BC=O)CC1. The van der Waals surface area contributed by atoms with Crippen molar-refractivity contribution in [1.29, 1.82) is 0 Å². The van der Waals surface area contributed by atoms with Crippen LogP contribution >= 0.6 is 11.8 Å². The average Bonchev–Trinajstić information content (AvgIpc) is 2.17. The van der Waals surface area contributed by atoms with Gasteiger partial charge in [0, 0.05) is 12.7 Å². The number of piperidine rings is 1. The Balaban J connectivity index is 2.15. The van der Waals surface area contributed by atoms with Crippen LogP contribution < -0.4 is 0 Å². The Labute approximate surface area is 89.9 Å². The largest absolute Gasteiger partial charge is 0.339 e. The number of thioether (sulfide) groups is 1. The Morgan fingerprint density at radius 3 is 2.71 bits per heavy atom. The summed E-state index contributed by atoms with van der Waals surface area (Å²) in [6.45, 7) is 3.62. The molecule has 5 heteroatoms. The molecule has 3 nitrogen and oxygen atoms in total. The Bertz CT molecular complexity index is 205. The van der Waals surface area contributed by atoms with E-state index in [2.05, 4.69) is 4.81 Å². The quantitative estimate of drug-likeness (QED) is 0.504. The zero-order valence-corrected chi connectivity index (χ0v) is 9.39. The molecule has 0 unspecified atom stereocenters. The van der Waals surface area contributed by atoms with Crippen molar-refractivity contribution in [2.24, 2.45) is 5.92 Å². The summed E-state index contributed by atoms with van der Waals surface area (Å²) in [4.78, 5) is 23.2. The van der Waals surface area contributed by atoms with Crippen LogP contribution in [0.15, 0.2) is 0 Å². The highest BCUT2D eigenvalue weighted by atomic mass is 32.2. The van der Waals surface area contributed by atoms with Crippen LogP contribution in [0.3, 0.4) is 0 Å². The van der Waals surface area contributed by atoms with Gasteiger partial charge in [-0.1, -0.05) is 11.8 Å². The molecule has 0 aromatic rings. The molecule has 78 valence electrons. The van der Waals surface area contributed by atoms with Gasteiger partial charge in [-0.25, -0.2) is 0 Å². The molecule has 0 spiro atoms. The third-order valence-electron chi connectivity index (χ3n) is 2.56. The van der Waals surface area contributed by atoms with Crippen LogP contribution in [0.5, 0.6) is 0 Å². The molecule has 1 rings (SSSR count). The van der Waals surface area contributed by atoms with Crippen LogP contribution in [-0.2, 0) is 9.59 Å². The smallest absolute Gasteiger partial charge is 0.281 e. The lowest BCUT2D eigenvalue weighted by Gasteiger charge is -2.30. The van der Waals surface area contributed by atoms with Crippen molar-refractivity contribution >= 4 is 30.5 Å². The molecule has 0 aromatic carbocycles. The van der Waals surface area contributed by atoms with E-state index in [4.69, 9.17) is 0 Å². The number of carbonyl (C=O) groups excluding carboxylic acids is 2. The van der Waals surface area contributed by atoms with E-state index in [9.17, 15) is 9.59 Å². The van der Waals surface area contributed by atoms with E-state index in [-0.39, 0.29) is 5.12 Å². The maximum atomic E-state index is 10.8. The second-order valence-electron chi connectivity index (χ2n) is 3.71. The fourth-order valence-corrected chi connectivity index (χ4v) is 2.48. The van der Waals surface area contributed by atoms with Gasteiger partial charge in [-0.3, -0.25) is 4.79 Å². The molecule has 0 saturated carbocycles. The topological polar surface area (TPSA) is 37.4 Å². The highest BCUT2D eigenvalue weighted by molar-refractivity contribution is 8.13. The van der Waals surface area contributed by atoms with Crippen molar-refractivity contribution in [1.82, 2.24) is 4.81 Å². The van der Waals surface area contributed by atoms with Crippen molar-refractivity contribution in [2.45, 2.75) is 19.8 Å². The standard InChI is InChI=1S/C9H16BNO2S/c1-8(13)14-6-9-2-4-11(5-3-9)10-7-12/h7,9-10H,2-6H2,1H3. The first-order chi connectivity index (χ1) is 6.72. The number of hydrogen-bond acceptors (Lipinski definition) is 4. The van der Waals surface area contributed by atoms with Gasteiger partial charge in [0.2, 0.25) is 0 Å². The summed E-state index contributed by atoms with van der Waals surface area (Å²) in [6.07, 6.45) is 3.20. The molecule has 1 heterocycles. The molecule has 0 N–H and O–H groups in total. The van der Waals surface area contributed by atoms with Gasteiger partial charge >= 0.3 is 0 Å². The first-order valence-corrected chi connectivity index (χ1v) is 6.00. The number of carbonyl (C=O) groups is 2. The average molecular weight is 213 g/mol. The van der Waals surface area contributed by atoms with Gasteiger partial charge in [-0.05, 0) is 31.8 Å². The van der Waals surface area contributed by atoms with Gasteiger partial charge in [0.05, 0.1) is 6.19 Å². The van der Waals surface area contributed by atoms with Crippen molar-refractivity contribution < 1.29 is 9.59 Å². The van der Waals surface area contributed by atoms with E-state index in [0.29, 0.717) is 13.3 Å². The van der Waals surface area contributed by atoms with Crippen LogP contribution in [0.2, 0.25) is 0 Å². The first kappa shape index (κ1) is 11.8. The zero-order valence-electron chi connectivity index (χ0n) is 8.57. The van der Waals surface area contributed by atoms with E-state index in [0.717, 1.165) is 37.9 Å². The monoisotopic (exact) mass is 213 g/mol. The molecular weight excluding hydrogens is 197 g/mol. The van der Waals surface area contributed by atoms with E-state index in [1.54, 1.807) is 6.92 Å². The Morgan fingerprint density at radius 2 is 2.21 bits per heavy atom. The molecule has 0 bridgehead atoms. The highest BCUT2D eigenvalue weighted by Gasteiger charge is 2.19. The lowest BCUT2D eigenvalue weighted by molar-refractivity contribution is -0.109. The van der Waals surface area contributed by atoms with Crippen molar-refractivity contribution in [3.63, 3.8) is 0 Å². The van der Waals surface area contributed by atoms with E-state index >= 15 is 0 Å². The van der Waals surface area contributed by atoms with Crippen molar-refractivity contribution in [2.75, 3.05) is 18.8 Å². The van der Waals surface area contributed by atoms with Gasteiger partial charge in [0.1, 0.15) is 0 Å². The Hall–Kier alpha value is -0.285. The third kappa shape index (κ3) is 4.29. The molecule has 0 atom stereocenters. The van der Waals surface area contributed by atoms with Gasteiger partial charge < -0.3 is 9.61 Å². The fourth-order valence-electron chi connectivity index (χ4n) is 1.68. The van der Waals surface area contributed by atoms with Crippen molar-refractivity contribution in [3.05, 3.63) is 0 Å². The summed E-state index contributed by atoms with van der Waals surface area (Å²) in [5.41, 5.74) is 0. The van der Waals surface area contributed by atoms with Crippen LogP contribution in [0.25, 0.3) is 0 Å². The fraction of sp³-hybridized carbons (Fsp3) is 0.778. The second-order valence-corrected chi connectivity index (χ2v) is 4.91. The molecule has 0 radical (unpaired) electrons. The van der Waals surface area contributed by atoms with Crippen LogP contribution in [0.1, 0.15) is 19.8 Å². The van der Waals surface area contributed by atoms with E-state index in [1.165, 1.54) is 11.8 Å². The molecule has 0 aromatic heterocycles. The second kappa shape index (κ2) is 6.25. The van der Waals surface area contributed by atoms with E-state index < -0.39 is 0 Å². The maximum absolute atomic E-state index is 10.8. The van der Waals surface area contributed by atoms with Crippen LogP contribution in [-0.4, -0.2) is 42.4 Å². The summed E-state index contributed by atoms with van der Waals surface area (Å²) >= 11 is 1.43. The normalized spacial score (nSPS) is 19.2. The Morgan fingerprint density at radius 1 is 1.57 bits per heavy atom. The first-order valence-electron chi connectivity index (χ1n) is 5.01. The number of hydrogen-bond donors (Lipinski definition) is 0. The number of nitrogens with zero attached hydrogens (tertiary/aromatic N) is 1. The summed E-state index contributed by atoms with van der Waals surface area (Å²) in [6, 6.07) is 0. The predicted molar refractivity (Wildman–Crippen MR) is 61.3 cm³/mol. The third-order valence-corrected chi connectivity index (χ3v) is 3.61. The van der Waals surface area contributed by atoms with Crippen LogP contribution in [0.4, 0.5) is 0 Å². The van der Waals surface area contributed by atoms with Gasteiger partial charge in [-0.2, -0.15) is 0 Å². The summed E-state index contributed by atoms with van der Waals surface area (Å²) in [5.74, 6) is 1.61. The molecule has 14 heavy (non-hydrogen) atoms. The molecule has 1 saturated heterocycles. The summed E-state index contributed by atoms with van der Waals surface area (Å²) in [5, 5.41) is 0.209. The van der Waals surface area contributed by atoms with Gasteiger partial charge in [0.25, 0.3) is 7.41 Å². The minimum absolute atomic E-state index is 0.209. The molecule has 1 fully saturated rings. The lowest BCUT2D eigenvalue weighted by Crippen LogP contribution is -2.37. The molecule has 0 amide bonds. The van der Waals surface area contributed by atoms with E-state index in [1.807, 2.05) is 0 Å². The summed E-state index contributed by atoms with van der Waals surface area (Å²) in [7, 11) is 0.562. The Kier molecular flexibility index (Phi) is 5.26. The summed E-state index contributed by atoms with van der Waals surface area (Å²) < 4.78 is 0. The zero-order chi connectivity index (χ0) is 10.4.